The number of anilines is 2. The molecule has 11 heteroatoms. The number of benzene rings is 2. The van der Waals surface area contributed by atoms with E-state index in [1.807, 2.05) is 4.72 Å². The summed E-state index contributed by atoms with van der Waals surface area (Å²) in [5.41, 5.74) is -0.463. The fourth-order valence-corrected chi connectivity index (χ4v) is 3.15. The standard InChI is InChI=1S/C15H12F4N2O4S/c1-9(22)20-10-6-7-11(16)12(8-10)21-26(23,24)14-5-3-2-4-13(14)25-15(17,18)19/h2-8,21H,1H3,(H,20,22). The van der Waals surface area contributed by atoms with E-state index in [9.17, 15) is 30.8 Å². The minimum atomic E-state index is -5.11. The van der Waals surface area contributed by atoms with Crippen LogP contribution in [0.5, 0.6) is 5.75 Å². The lowest BCUT2D eigenvalue weighted by atomic mass is 10.2. The number of amides is 1. The van der Waals surface area contributed by atoms with E-state index in [4.69, 9.17) is 0 Å². The maximum Gasteiger partial charge on any atom is 0.573 e. The number of nitrogens with one attached hydrogen (secondary N) is 2. The summed E-state index contributed by atoms with van der Waals surface area (Å²) >= 11 is 0. The molecule has 2 aromatic carbocycles. The molecule has 0 bridgehead atoms. The van der Waals surface area contributed by atoms with Crippen molar-refractivity contribution >= 4 is 27.3 Å². The summed E-state index contributed by atoms with van der Waals surface area (Å²) in [6.07, 6.45) is -5.11. The second kappa shape index (κ2) is 7.20. The van der Waals surface area contributed by atoms with E-state index in [2.05, 4.69) is 10.1 Å². The number of ether oxygens (including phenoxy) is 1. The predicted molar refractivity (Wildman–Crippen MR) is 84.6 cm³/mol. The SMILES string of the molecule is CC(=O)Nc1ccc(F)c(NS(=O)(=O)c2ccccc2OC(F)(F)F)c1. The molecule has 26 heavy (non-hydrogen) atoms. The third-order valence-electron chi connectivity index (χ3n) is 2.90. The Morgan fingerprint density at radius 3 is 2.38 bits per heavy atom. The number of carbonyl (C=O) groups excluding carboxylic acids is 1. The van der Waals surface area contributed by atoms with Crippen LogP contribution in [0, 0.1) is 5.82 Å². The molecule has 2 rings (SSSR count). The van der Waals surface area contributed by atoms with Crippen LogP contribution in [0.1, 0.15) is 6.92 Å². The zero-order chi connectivity index (χ0) is 19.5. The molecule has 0 aliphatic heterocycles. The highest BCUT2D eigenvalue weighted by Crippen LogP contribution is 2.31. The van der Waals surface area contributed by atoms with Gasteiger partial charge in [0.25, 0.3) is 10.0 Å². The van der Waals surface area contributed by atoms with E-state index >= 15 is 0 Å². The van der Waals surface area contributed by atoms with Gasteiger partial charge in [-0.15, -0.1) is 13.2 Å². The fraction of sp³-hybridized carbons (Fsp3) is 0.133. The lowest BCUT2D eigenvalue weighted by Crippen LogP contribution is -2.21. The van der Waals surface area contributed by atoms with Gasteiger partial charge in [-0.1, -0.05) is 12.1 Å². The van der Waals surface area contributed by atoms with E-state index in [1.165, 1.54) is 19.1 Å². The first-order valence-corrected chi connectivity index (χ1v) is 8.41. The first kappa shape index (κ1) is 19.5. The first-order chi connectivity index (χ1) is 12.0. The summed E-state index contributed by atoms with van der Waals surface area (Å²) in [5, 5.41) is 2.33. The van der Waals surface area contributed by atoms with Gasteiger partial charge in [0.1, 0.15) is 16.5 Å². The second-order valence-electron chi connectivity index (χ2n) is 4.98. The summed E-state index contributed by atoms with van der Waals surface area (Å²) < 4.78 is 81.5. The van der Waals surface area contributed by atoms with Crippen molar-refractivity contribution in [2.75, 3.05) is 10.0 Å². The van der Waals surface area contributed by atoms with Crippen LogP contribution in [0.4, 0.5) is 28.9 Å². The maximum atomic E-state index is 13.9. The number of hydrogen-bond acceptors (Lipinski definition) is 4. The van der Waals surface area contributed by atoms with Crippen LogP contribution >= 0.6 is 0 Å². The van der Waals surface area contributed by atoms with Gasteiger partial charge in [-0.25, -0.2) is 12.8 Å². The van der Waals surface area contributed by atoms with Crippen molar-refractivity contribution in [2.24, 2.45) is 0 Å². The van der Waals surface area contributed by atoms with Crippen LogP contribution in [0.3, 0.4) is 0 Å². The normalized spacial score (nSPS) is 11.7. The molecule has 0 spiro atoms. The molecule has 0 fully saturated rings. The summed E-state index contributed by atoms with van der Waals surface area (Å²) in [7, 11) is -4.61. The van der Waals surface area contributed by atoms with Crippen molar-refractivity contribution in [1.29, 1.82) is 0 Å². The highest BCUT2D eigenvalue weighted by molar-refractivity contribution is 7.92. The Morgan fingerprint density at radius 2 is 1.77 bits per heavy atom. The Balaban J connectivity index is 2.40. The molecule has 0 unspecified atom stereocenters. The fourth-order valence-electron chi connectivity index (χ4n) is 1.97. The van der Waals surface area contributed by atoms with Crippen LogP contribution < -0.4 is 14.8 Å². The highest BCUT2D eigenvalue weighted by Gasteiger charge is 2.34. The molecule has 0 saturated heterocycles. The largest absolute Gasteiger partial charge is 0.573 e. The third-order valence-corrected chi connectivity index (χ3v) is 4.30. The van der Waals surface area contributed by atoms with E-state index in [0.29, 0.717) is 0 Å². The molecule has 2 N–H and O–H groups in total. The Bertz CT molecular complexity index is 929. The van der Waals surface area contributed by atoms with Crippen molar-refractivity contribution in [2.45, 2.75) is 18.2 Å². The van der Waals surface area contributed by atoms with Crippen molar-refractivity contribution < 1.29 is 35.5 Å². The Labute approximate surface area is 145 Å². The molecule has 1 amide bonds. The number of halogens is 4. The van der Waals surface area contributed by atoms with Gasteiger partial charge < -0.3 is 10.1 Å². The summed E-state index contributed by atoms with van der Waals surface area (Å²) in [6, 6.07) is 7.09. The zero-order valence-electron chi connectivity index (χ0n) is 13.1. The number of hydrogen-bond donors (Lipinski definition) is 2. The van der Waals surface area contributed by atoms with Crippen molar-refractivity contribution in [3.05, 3.63) is 48.3 Å². The van der Waals surface area contributed by atoms with E-state index in [-0.39, 0.29) is 5.69 Å². The summed E-state index contributed by atoms with van der Waals surface area (Å²) in [6.45, 7) is 1.19. The van der Waals surface area contributed by atoms with Gasteiger partial charge >= 0.3 is 6.36 Å². The topological polar surface area (TPSA) is 84.5 Å². The lowest BCUT2D eigenvalue weighted by Gasteiger charge is -2.15. The molecule has 0 aliphatic rings. The van der Waals surface area contributed by atoms with Gasteiger partial charge in [0.2, 0.25) is 5.91 Å². The number of carbonyl (C=O) groups is 1. The molecule has 0 aromatic heterocycles. The van der Waals surface area contributed by atoms with Gasteiger partial charge in [0, 0.05) is 12.6 Å². The average molecular weight is 392 g/mol. The Morgan fingerprint density at radius 1 is 1.12 bits per heavy atom. The molecule has 0 saturated carbocycles. The van der Waals surface area contributed by atoms with Crippen molar-refractivity contribution in [3.63, 3.8) is 0 Å². The Hall–Kier alpha value is -2.82. The number of sulfonamides is 1. The van der Waals surface area contributed by atoms with Gasteiger partial charge in [0.15, 0.2) is 0 Å². The zero-order valence-corrected chi connectivity index (χ0v) is 13.9. The minimum Gasteiger partial charge on any atom is -0.404 e. The van der Waals surface area contributed by atoms with E-state index in [1.54, 1.807) is 0 Å². The molecule has 0 atom stereocenters. The molecule has 140 valence electrons. The van der Waals surface area contributed by atoms with Gasteiger partial charge in [-0.3, -0.25) is 9.52 Å². The van der Waals surface area contributed by atoms with Crippen LogP contribution in [-0.2, 0) is 14.8 Å². The minimum absolute atomic E-state index is 0.0939. The number of rotatable bonds is 5. The number of alkyl halides is 3. The van der Waals surface area contributed by atoms with Crippen molar-refractivity contribution in [1.82, 2.24) is 0 Å². The third kappa shape index (κ3) is 5.09. The molecule has 2 aromatic rings. The molecule has 0 radical (unpaired) electrons. The van der Waals surface area contributed by atoms with Gasteiger partial charge in [0.05, 0.1) is 5.69 Å². The summed E-state index contributed by atoms with van der Waals surface area (Å²) in [4.78, 5) is 10.2. The molecule has 0 aliphatic carbocycles. The van der Waals surface area contributed by atoms with Crippen LogP contribution in [-0.4, -0.2) is 20.7 Å². The average Bonchev–Trinajstić information content (AvgIpc) is 2.48. The Kier molecular flexibility index (Phi) is 5.40. The van der Waals surface area contributed by atoms with Gasteiger partial charge in [-0.05, 0) is 30.3 Å². The van der Waals surface area contributed by atoms with E-state index in [0.717, 1.165) is 30.3 Å². The maximum absolute atomic E-state index is 13.9. The highest BCUT2D eigenvalue weighted by atomic mass is 32.2. The summed E-state index contributed by atoms with van der Waals surface area (Å²) in [5.74, 6) is -2.43. The van der Waals surface area contributed by atoms with Crippen LogP contribution in [0.2, 0.25) is 0 Å². The second-order valence-corrected chi connectivity index (χ2v) is 6.63. The lowest BCUT2D eigenvalue weighted by molar-refractivity contribution is -0.275. The van der Waals surface area contributed by atoms with E-state index < -0.39 is 44.4 Å². The quantitative estimate of drug-likeness (QED) is 0.763. The molecule has 0 heterocycles. The molecular formula is C15H12F4N2O4S. The van der Waals surface area contributed by atoms with Crippen LogP contribution in [0.25, 0.3) is 0 Å². The first-order valence-electron chi connectivity index (χ1n) is 6.93. The van der Waals surface area contributed by atoms with Crippen molar-refractivity contribution in [3.8, 4) is 5.75 Å². The smallest absolute Gasteiger partial charge is 0.404 e. The van der Waals surface area contributed by atoms with Gasteiger partial charge in [-0.2, -0.15) is 0 Å². The molecule has 6 nitrogen and oxygen atoms in total. The van der Waals surface area contributed by atoms with Crippen LogP contribution in [0.15, 0.2) is 47.4 Å². The monoisotopic (exact) mass is 392 g/mol. The molecular weight excluding hydrogens is 380 g/mol. The number of para-hydroxylation sites is 1. The predicted octanol–water partition coefficient (Wildman–Crippen LogP) is 3.48.